The van der Waals surface area contributed by atoms with Gasteiger partial charge in [0.1, 0.15) is 0 Å². The average Bonchev–Trinajstić information content (AvgIpc) is 2.71. The zero-order chi connectivity index (χ0) is 11.5. The van der Waals surface area contributed by atoms with Crippen LogP contribution in [0.15, 0.2) is 28.7 Å². The van der Waals surface area contributed by atoms with E-state index in [1.165, 1.54) is 12.1 Å². The lowest BCUT2D eigenvalue weighted by atomic mass is 10.2. The Morgan fingerprint density at radius 1 is 1.50 bits per heavy atom. The molecule has 0 saturated heterocycles. The first-order valence-corrected chi connectivity index (χ1v) is 4.79. The molecule has 1 amide bonds. The standard InChI is InChI=1S/C11H10FNO3/c12-8-3-1-2-7-6-9(16-10(7)8)11(15)13-4-5-14/h1-3,6,14H,4-5H2,(H,13,15). The molecule has 2 aromatic rings. The van der Waals surface area contributed by atoms with Gasteiger partial charge in [-0.1, -0.05) is 12.1 Å². The van der Waals surface area contributed by atoms with Gasteiger partial charge in [0, 0.05) is 11.9 Å². The summed E-state index contributed by atoms with van der Waals surface area (Å²) in [6.45, 7) is -0.0152. The fourth-order valence-electron chi connectivity index (χ4n) is 1.40. The number of amides is 1. The second kappa shape index (κ2) is 4.32. The molecular weight excluding hydrogens is 213 g/mol. The molecule has 1 heterocycles. The normalized spacial score (nSPS) is 10.6. The van der Waals surface area contributed by atoms with E-state index in [9.17, 15) is 9.18 Å². The molecule has 0 spiro atoms. The second-order valence-corrected chi connectivity index (χ2v) is 3.25. The Labute approximate surface area is 90.7 Å². The van der Waals surface area contributed by atoms with Gasteiger partial charge in [-0.05, 0) is 12.1 Å². The van der Waals surface area contributed by atoms with Crippen molar-refractivity contribution in [2.45, 2.75) is 0 Å². The third kappa shape index (κ3) is 1.90. The summed E-state index contributed by atoms with van der Waals surface area (Å²) < 4.78 is 18.3. The van der Waals surface area contributed by atoms with Crippen molar-refractivity contribution in [2.75, 3.05) is 13.2 Å². The van der Waals surface area contributed by atoms with Crippen molar-refractivity contribution in [1.29, 1.82) is 0 Å². The highest BCUT2D eigenvalue weighted by Crippen LogP contribution is 2.21. The molecule has 84 valence electrons. The van der Waals surface area contributed by atoms with Gasteiger partial charge in [-0.3, -0.25) is 4.79 Å². The molecule has 2 rings (SSSR count). The Morgan fingerprint density at radius 3 is 3.00 bits per heavy atom. The molecule has 1 aromatic heterocycles. The quantitative estimate of drug-likeness (QED) is 0.824. The number of furan rings is 1. The molecule has 0 radical (unpaired) electrons. The monoisotopic (exact) mass is 223 g/mol. The molecule has 0 aliphatic heterocycles. The van der Waals surface area contributed by atoms with Gasteiger partial charge in [-0.2, -0.15) is 0 Å². The first-order valence-electron chi connectivity index (χ1n) is 4.79. The number of benzene rings is 1. The number of para-hydroxylation sites is 1. The molecule has 16 heavy (non-hydrogen) atoms. The van der Waals surface area contributed by atoms with Crippen LogP contribution >= 0.6 is 0 Å². The molecule has 0 bridgehead atoms. The van der Waals surface area contributed by atoms with Crippen molar-refractivity contribution in [3.05, 3.63) is 35.8 Å². The number of carbonyl (C=O) groups excluding carboxylic acids is 1. The second-order valence-electron chi connectivity index (χ2n) is 3.25. The maximum Gasteiger partial charge on any atom is 0.287 e. The SMILES string of the molecule is O=C(NCCO)c1cc2cccc(F)c2o1. The number of carbonyl (C=O) groups is 1. The molecule has 1 aromatic carbocycles. The Morgan fingerprint density at radius 2 is 2.31 bits per heavy atom. The summed E-state index contributed by atoms with van der Waals surface area (Å²) in [7, 11) is 0. The number of aliphatic hydroxyl groups is 1. The van der Waals surface area contributed by atoms with Gasteiger partial charge in [0.25, 0.3) is 5.91 Å². The lowest BCUT2D eigenvalue weighted by Crippen LogP contribution is -2.25. The summed E-state index contributed by atoms with van der Waals surface area (Å²) in [4.78, 5) is 11.4. The first-order chi connectivity index (χ1) is 7.72. The summed E-state index contributed by atoms with van der Waals surface area (Å²) >= 11 is 0. The van der Waals surface area contributed by atoms with E-state index in [2.05, 4.69) is 5.32 Å². The van der Waals surface area contributed by atoms with Gasteiger partial charge >= 0.3 is 0 Å². The van der Waals surface area contributed by atoms with Gasteiger partial charge in [-0.25, -0.2) is 4.39 Å². The van der Waals surface area contributed by atoms with Crippen molar-refractivity contribution in [3.8, 4) is 0 Å². The van der Waals surface area contributed by atoms with E-state index in [-0.39, 0.29) is 24.5 Å². The van der Waals surface area contributed by atoms with Gasteiger partial charge in [0.05, 0.1) is 6.61 Å². The van der Waals surface area contributed by atoms with Gasteiger partial charge < -0.3 is 14.8 Å². The smallest absolute Gasteiger partial charge is 0.287 e. The molecule has 0 atom stereocenters. The van der Waals surface area contributed by atoms with Crippen LogP contribution < -0.4 is 5.32 Å². The predicted molar refractivity (Wildman–Crippen MR) is 55.6 cm³/mol. The molecule has 0 aliphatic carbocycles. The highest BCUT2D eigenvalue weighted by atomic mass is 19.1. The van der Waals surface area contributed by atoms with E-state index in [1.807, 2.05) is 0 Å². The van der Waals surface area contributed by atoms with Crippen molar-refractivity contribution >= 4 is 16.9 Å². The van der Waals surface area contributed by atoms with Gasteiger partial charge in [-0.15, -0.1) is 0 Å². The number of rotatable bonds is 3. The summed E-state index contributed by atoms with van der Waals surface area (Å²) in [5.74, 6) is -0.933. The van der Waals surface area contributed by atoms with Crippen LogP contribution in [0.2, 0.25) is 0 Å². The Balaban J connectivity index is 2.32. The number of halogens is 1. The minimum atomic E-state index is -0.501. The maximum atomic E-state index is 13.2. The molecule has 0 unspecified atom stereocenters. The van der Waals surface area contributed by atoms with Gasteiger partial charge in [0.2, 0.25) is 0 Å². The summed E-state index contributed by atoms with van der Waals surface area (Å²) in [6.07, 6.45) is 0. The van der Waals surface area contributed by atoms with Crippen molar-refractivity contribution < 1.29 is 18.7 Å². The van der Waals surface area contributed by atoms with E-state index in [0.717, 1.165) is 0 Å². The zero-order valence-corrected chi connectivity index (χ0v) is 8.37. The largest absolute Gasteiger partial charge is 0.448 e. The van der Waals surface area contributed by atoms with E-state index in [0.29, 0.717) is 5.39 Å². The van der Waals surface area contributed by atoms with E-state index in [1.54, 1.807) is 12.1 Å². The van der Waals surface area contributed by atoms with Crippen LogP contribution in [0, 0.1) is 5.82 Å². The number of hydrogen-bond acceptors (Lipinski definition) is 3. The fraction of sp³-hybridized carbons (Fsp3) is 0.182. The Kier molecular flexibility index (Phi) is 2.87. The minimum Gasteiger partial charge on any atom is -0.448 e. The molecule has 4 nitrogen and oxygen atoms in total. The average molecular weight is 223 g/mol. The topological polar surface area (TPSA) is 62.5 Å². The third-order valence-electron chi connectivity index (χ3n) is 2.12. The van der Waals surface area contributed by atoms with Crippen LogP contribution in [0.1, 0.15) is 10.6 Å². The molecule has 0 aliphatic rings. The summed E-state index contributed by atoms with van der Waals surface area (Å²) in [5, 5.41) is 11.5. The van der Waals surface area contributed by atoms with E-state index >= 15 is 0 Å². The molecule has 0 saturated carbocycles. The number of hydrogen-bond donors (Lipinski definition) is 2. The summed E-state index contributed by atoms with van der Waals surface area (Å²) in [5.41, 5.74) is 0.0663. The molecule has 5 heteroatoms. The van der Waals surface area contributed by atoms with E-state index in [4.69, 9.17) is 9.52 Å². The lowest BCUT2D eigenvalue weighted by Gasteiger charge is -1.98. The highest BCUT2D eigenvalue weighted by molar-refractivity contribution is 5.96. The van der Waals surface area contributed by atoms with Crippen LogP contribution in [-0.2, 0) is 0 Å². The maximum absolute atomic E-state index is 13.2. The highest BCUT2D eigenvalue weighted by Gasteiger charge is 2.13. The zero-order valence-electron chi connectivity index (χ0n) is 8.37. The van der Waals surface area contributed by atoms with Crippen LogP contribution in [-0.4, -0.2) is 24.2 Å². The van der Waals surface area contributed by atoms with Crippen LogP contribution in [0.4, 0.5) is 4.39 Å². The van der Waals surface area contributed by atoms with E-state index < -0.39 is 11.7 Å². The Bertz CT molecular complexity index is 521. The molecule has 2 N–H and O–H groups in total. The number of nitrogens with one attached hydrogen (secondary N) is 1. The molecular formula is C11H10FNO3. The summed E-state index contributed by atoms with van der Waals surface area (Å²) in [6, 6.07) is 5.93. The number of fused-ring (bicyclic) bond motifs is 1. The predicted octanol–water partition coefficient (Wildman–Crippen LogP) is 1.29. The van der Waals surface area contributed by atoms with Crippen molar-refractivity contribution in [3.63, 3.8) is 0 Å². The van der Waals surface area contributed by atoms with Crippen LogP contribution in [0.3, 0.4) is 0 Å². The van der Waals surface area contributed by atoms with Crippen molar-refractivity contribution in [2.24, 2.45) is 0 Å². The minimum absolute atomic E-state index is 0.0357. The van der Waals surface area contributed by atoms with Crippen molar-refractivity contribution in [1.82, 2.24) is 5.32 Å². The van der Waals surface area contributed by atoms with Crippen LogP contribution in [0.5, 0.6) is 0 Å². The number of aliphatic hydroxyl groups excluding tert-OH is 1. The van der Waals surface area contributed by atoms with Gasteiger partial charge in [0.15, 0.2) is 17.2 Å². The molecule has 0 fully saturated rings. The first kappa shape index (κ1) is 10.6. The lowest BCUT2D eigenvalue weighted by molar-refractivity contribution is 0.0919. The third-order valence-corrected chi connectivity index (χ3v) is 2.12. The fourth-order valence-corrected chi connectivity index (χ4v) is 1.40. The Hall–Kier alpha value is -1.88. The van der Waals surface area contributed by atoms with Crippen LogP contribution in [0.25, 0.3) is 11.0 Å².